The topological polar surface area (TPSA) is 41.6 Å². The zero-order valence-corrected chi connectivity index (χ0v) is 11.2. The van der Waals surface area contributed by atoms with E-state index in [9.17, 15) is 4.79 Å². The number of carbonyl (C=O) groups is 1. The van der Waals surface area contributed by atoms with E-state index < -0.39 is 5.54 Å². The van der Waals surface area contributed by atoms with Gasteiger partial charge in [0, 0.05) is 0 Å². The van der Waals surface area contributed by atoms with Crippen molar-refractivity contribution >= 4 is 5.97 Å². The number of piperidine rings is 1. The zero-order valence-electron chi connectivity index (χ0n) is 11.2. The fourth-order valence-electron chi connectivity index (χ4n) is 3.24. The number of nitrogens with zero attached hydrogens (tertiary/aromatic N) is 1. The van der Waals surface area contributed by atoms with Crippen LogP contribution in [0.25, 0.3) is 0 Å². The van der Waals surface area contributed by atoms with E-state index in [-0.39, 0.29) is 5.97 Å². The minimum atomic E-state index is -0.456. The van der Waals surface area contributed by atoms with E-state index in [1.165, 1.54) is 33.0 Å². The van der Waals surface area contributed by atoms with E-state index in [0.717, 1.165) is 18.9 Å². The molecule has 4 nitrogen and oxygen atoms in total. The van der Waals surface area contributed by atoms with Crippen molar-refractivity contribution in [2.24, 2.45) is 11.8 Å². The maximum absolute atomic E-state index is 11.7. The molecule has 0 bridgehead atoms. The molecule has 0 amide bonds. The summed E-state index contributed by atoms with van der Waals surface area (Å²) in [5.74, 6) is 1.28. The molecular weight excluding hydrogens is 216 g/mol. The number of nitrogens with one attached hydrogen (secondary N) is 1. The van der Waals surface area contributed by atoms with Gasteiger partial charge < -0.3 is 15.0 Å². The lowest BCUT2D eigenvalue weighted by Gasteiger charge is -2.32. The summed E-state index contributed by atoms with van der Waals surface area (Å²) in [6.45, 7) is 5.31. The number of carbonyl (C=O) groups excluding carboxylic acids is 1. The van der Waals surface area contributed by atoms with Crippen molar-refractivity contribution in [2.75, 3.05) is 33.8 Å². The molecule has 2 atom stereocenters. The maximum atomic E-state index is 11.7. The predicted molar refractivity (Wildman–Crippen MR) is 66.8 cm³/mol. The highest BCUT2D eigenvalue weighted by Crippen LogP contribution is 2.35. The molecule has 1 N–H and O–H groups in total. The van der Waals surface area contributed by atoms with Crippen LogP contribution in [0, 0.1) is 11.8 Å². The number of hydrogen-bond acceptors (Lipinski definition) is 4. The Hall–Kier alpha value is -0.610. The van der Waals surface area contributed by atoms with E-state index in [2.05, 4.69) is 17.3 Å². The highest BCUT2D eigenvalue weighted by Gasteiger charge is 2.44. The molecule has 2 aliphatic rings. The van der Waals surface area contributed by atoms with Crippen molar-refractivity contribution in [3.05, 3.63) is 0 Å². The van der Waals surface area contributed by atoms with E-state index in [1.54, 1.807) is 0 Å². The monoisotopic (exact) mass is 240 g/mol. The molecule has 98 valence electrons. The Bertz CT molecular complexity index is 287. The fourth-order valence-corrected chi connectivity index (χ4v) is 3.24. The Morgan fingerprint density at radius 1 is 1.35 bits per heavy atom. The lowest BCUT2D eigenvalue weighted by Crippen LogP contribution is -2.45. The molecule has 2 unspecified atom stereocenters. The summed E-state index contributed by atoms with van der Waals surface area (Å²) < 4.78 is 4.88. The largest absolute Gasteiger partial charge is 0.468 e. The number of rotatable bonds is 2. The van der Waals surface area contributed by atoms with Crippen molar-refractivity contribution in [1.29, 1.82) is 0 Å². The third-order valence-corrected chi connectivity index (χ3v) is 4.49. The summed E-state index contributed by atoms with van der Waals surface area (Å²) in [7, 11) is 3.65. The van der Waals surface area contributed by atoms with Gasteiger partial charge in [0.2, 0.25) is 0 Å². The zero-order chi connectivity index (χ0) is 12.5. The van der Waals surface area contributed by atoms with Crippen LogP contribution in [0.4, 0.5) is 0 Å². The molecule has 0 aromatic heterocycles. The summed E-state index contributed by atoms with van der Waals surface area (Å²) in [6, 6.07) is 0. The van der Waals surface area contributed by atoms with Crippen molar-refractivity contribution in [3.63, 3.8) is 0 Å². The minimum absolute atomic E-state index is 0.118. The molecule has 0 aromatic rings. The van der Waals surface area contributed by atoms with Crippen LogP contribution >= 0.6 is 0 Å². The minimum Gasteiger partial charge on any atom is -0.468 e. The van der Waals surface area contributed by atoms with Gasteiger partial charge in [-0.3, -0.25) is 4.79 Å². The molecule has 2 heterocycles. The van der Waals surface area contributed by atoms with E-state index in [4.69, 9.17) is 4.74 Å². The highest BCUT2D eigenvalue weighted by atomic mass is 16.5. The number of ether oxygens (including phenoxy) is 1. The van der Waals surface area contributed by atoms with Gasteiger partial charge in [-0.15, -0.1) is 0 Å². The van der Waals surface area contributed by atoms with Gasteiger partial charge in [0.15, 0.2) is 0 Å². The first-order chi connectivity index (χ1) is 8.05. The van der Waals surface area contributed by atoms with Gasteiger partial charge in [-0.05, 0) is 64.7 Å². The third kappa shape index (κ3) is 2.63. The predicted octanol–water partition coefficient (Wildman–Crippen LogP) is 0.869. The van der Waals surface area contributed by atoms with E-state index in [1.807, 2.05) is 6.92 Å². The van der Waals surface area contributed by atoms with Crippen molar-refractivity contribution < 1.29 is 9.53 Å². The first kappa shape index (κ1) is 12.8. The molecule has 4 heteroatoms. The van der Waals surface area contributed by atoms with Crippen LogP contribution in [0.2, 0.25) is 0 Å². The van der Waals surface area contributed by atoms with Crippen LogP contribution in [0.3, 0.4) is 0 Å². The van der Waals surface area contributed by atoms with Gasteiger partial charge in [-0.2, -0.15) is 0 Å². The van der Waals surface area contributed by atoms with Crippen LogP contribution in [0.15, 0.2) is 0 Å². The van der Waals surface area contributed by atoms with Gasteiger partial charge in [0.1, 0.15) is 5.54 Å². The second-order valence-electron chi connectivity index (χ2n) is 5.81. The standard InChI is InChI=1S/C13H24N2O2/c1-13(12(16)17-3)8-11(9-14-13)10-4-6-15(2)7-5-10/h10-11,14H,4-9H2,1-3H3. The molecule has 2 rings (SSSR count). The second-order valence-corrected chi connectivity index (χ2v) is 5.81. The first-order valence-electron chi connectivity index (χ1n) is 6.57. The Balaban J connectivity index is 1.91. The summed E-state index contributed by atoms with van der Waals surface area (Å²) in [6.07, 6.45) is 3.45. The van der Waals surface area contributed by atoms with Crippen LogP contribution in [0.1, 0.15) is 26.2 Å². The molecule has 0 spiro atoms. The van der Waals surface area contributed by atoms with Gasteiger partial charge in [0.05, 0.1) is 7.11 Å². The number of methoxy groups -OCH3 is 1. The highest BCUT2D eigenvalue weighted by molar-refractivity contribution is 5.80. The average molecular weight is 240 g/mol. The SMILES string of the molecule is COC(=O)C1(C)CC(C2CCN(C)CC2)CN1. The Kier molecular flexibility index (Phi) is 3.73. The lowest BCUT2D eigenvalue weighted by atomic mass is 9.80. The molecule has 0 saturated carbocycles. The summed E-state index contributed by atoms with van der Waals surface area (Å²) >= 11 is 0. The molecule has 2 aliphatic heterocycles. The molecule has 2 fully saturated rings. The van der Waals surface area contributed by atoms with Crippen LogP contribution < -0.4 is 5.32 Å². The smallest absolute Gasteiger partial charge is 0.325 e. The lowest BCUT2D eigenvalue weighted by molar-refractivity contribution is -0.147. The van der Waals surface area contributed by atoms with Crippen molar-refractivity contribution in [3.8, 4) is 0 Å². The second kappa shape index (κ2) is 4.94. The quantitative estimate of drug-likeness (QED) is 0.727. The first-order valence-corrected chi connectivity index (χ1v) is 6.57. The normalized spacial score (nSPS) is 36.1. The summed E-state index contributed by atoms with van der Waals surface area (Å²) in [4.78, 5) is 14.1. The van der Waals surface area contributed by atoms with Gasteiger partial charge in [0.25, 0.3) is 0 Å². The Labute approximate surface area is 104 Å². The Morgan fingerprint density at radius 2 is 2.00 bits per heavy atom. The van der Waals surface area contributed by atoms with Crippen LogP contribution in [-0.2, 0) is 9.53 Å². The van der Waals surface area contributed by atoms with Crippen LogP contribution in [0.5, 0.6) is 0 Å². The van der Waals surface area contributed by atoms with Gasteiger partial charge in [-0.1, -0.05) is 0 Å². The summed E-state index contributed by atoms with van der Waals surface area (Å²) in [5, 5.41) is 3.35. The molecular formula is C13H24N2O2. The van der Waals surface area contributed by atoms with E-state index >= 15 is 0 Å². The summed E-state index contributed by atoms with van der Waals surface area (Å²) in [5.41, 5.74) is -0.456. The number of likely N-dealkylation sites (tertiary alicyclic amines) is 1. The van der Waals surface area contributed by atoms with Gasteiger partial charge >= 0.3 is 5.97 Å². The average Bonchev–Trinajstić information content (AvgIpc) is 2.73. The molecule has 17 heavy (non-hydrogen) atoms. The Morgan fingerprint density at radius 3 is 2.59 bits per heavy atom. The van der Waals surface area contributed by atoms with E-state index in [0.29, 0.717) is 5.92 Å². The molecule has 0 aromatic carbocycles. The molecule has 0 radical (unpaired) electrons. The van der Waals surface area contributed by atoms with Gasteiger partial charge in [-0.25, -0.2) is 0 Å². The number of hydrogen-bond donors (Lipinski definition) is 1. The number of esters is 1. The fraction of sp³-hybridized carbons (Fsp3) is 0.923. The third-order valence-electron chi connectivity index (χ3n) is 4.49. The van der Waals surface area contributed by atoms with Crippen LogP contribution in [-0.4, -0.2) is 50.2 Å². The maximum Gasteiger partial charge on any atom is 0.325 e. The van der Waals surface area contributed by atoms with Crippen molar-refractivity contribution in [2.45, 2.75) is 31.7 Å². The van der Waals surface area contributed by atoms with Crippen molar-refractivity contribution in [1.82, 2.24) is 10.2 Å². The molecule has 2 saturated heterocycles. The molecule has 0 aliphatic carbocycles.